The second-order valence-corrected chi connectivity index (χ2v) is 1.17. The summed E-state index contributed by atoms with van der Waals surface area (Å²) < 4.78 is 4.09. The number of ether oxygens (including phenoxy) is 1. The summed E-state index contributed by atoms with van der Waals surface area (Å²) in [4.78, 5) is 9.94. The highest BCUT2D eigenvalue weighted by molar-refractivity contribution is 5.86. The van der Waals surface area contributed by atoms with Crippen molar-refractivity contribution < 1.29 is 14.6 Å². The van der Waals surface area contributed by atoms with Crippen molar-refractivity contribution in [1.29, 1.82) is 5.41 Å². The third-order valence-electron chi connectivity index (χ3n) is 0.411. The molecule has 0 radical (unpaired) electrons. The smallest absolute Gasteiger partial charge is 0.309 e. The Labute approximate surface area is 46.6 Å². The lowest BCUT2D eigenvalue weighted by Gasteiger charge is -1.95. The van der Waals surface area contributed by atoms with Crippen molar-refractivity contribution in [2.75, 3.05) is 6.61 Å². The maximum atomic E-state index is 9.94. The van der Waals surface area contributed by atoms with Gasteiger partial charge in [0.1, 0.15) is 6.61 Å². The Bertz CT molecular complexity index is 110. The van der Waals surface area contributed by atoms with Crippen molar-refractivity contribution in [2.45, 2.75) is 6.92 Å². The molecule has 0 aliphatic rings. The largest absolute Gasteiger partial charge is 0.410 e. The van der Waals surface area contributed by atoms with Crippen molar-refractivity contribution >= 4 is 11.9 Å². The van der Waals surface area contributed by atoms with Gasteiger partial charge in [0.2, 0.25) is 5.90 Å². The molecule has 0 heterocycles. The van der Waals surface area contributed by atoms with E-state index < -0.39 is 18.5 Å². The lowest BCUT2D eigenvalue weighted by Crippen LogP contribution is -2.11. The van der Waals surface area contributed by atoms with Crippen LogP contribution in [0.4, 0.5) is 0 Å². The molecule has 0 amide bonds. The molecular weight excluding hydrogens is 110 g/mol. The Morgan fingerprint density at radius 1 is 1.88 bits per heavy atom. The van der Waals surface area contributed by atoms with Crippen LogP contribution >= 0.6 is 0 Å². The third kappa shape index (κ3) is 3.30. The van der Waals surface area contributed by atoms with E-state index in [1.807, 2.05) is 0 Å². The zero-order valence-electron chi connectivity index (χ0n) is 4.47. The topological polar surface area (TPSA) is 70.4 Å². The van der Waals surface area contributed by atoms with Gasteiger partial charge in [-0.3, -0.25) is 10.2 Å². The van der Waals surface area contributed by atoms with Crippen molar-refractivity contribution in [2.24, 2.45) is 0 Å². The van der Waals surface area contributed by atoms with Gasteiger partial charge in [-0.25, -0.2) is 0 Å². The Kier molecular flexibility index (Phi) is 2.79. The van der Waals surface area contributed by atoms with Crippen molar-refractivity contribution in [1.82, 2.24) is 0 Å². The molecule has 8 heavy (non-hydrogen) atoms. The number of carbonyl (C=O) groups is 1. The van der Waals surface area contributed by atoms with Gasteiger partial charge in [-0.05, 0) is 0 Å². The van der Waals surface area contributed by atoms with E-state index in [9.17, 15) is 4.79 Å². The van der Waals surface area contributed by atoms with E-state index in [0.29, 0.717) is 0 Å². The second-order valence-electron chi connectivity index (χ2n) is 1.17. The molecule has 4 nitrogen and oxygen atoms in total. The predicted molar refractivity (Wildman–Crippen MR) is 26.6 cm³/mol. The highest BCUT2D eigenvalue weighted by atomic mass is 16.5. The van der Waals surface area contributed by atoms with Gasteiger partial charge < -0.3 is 9.84 Å². The van der Waals surface area contributed by atoms with Crippen LogP contribution in [0.3, 0.4) is 0 Å². The van der Waals surface area contributed by atoms with Crippen LogP contribution in [0.25, 0.3) is 0 Å². The fraction of sp³-hybridized carbons (Fsp3) is 0.500. The van der Waals surface area contributed by atoms with Crippen molar-refractivity contribution in [3.8, 4) is 0 Å². The van der Waals surface area contributed by atoms with Crippen LogP contribution in [-0.4, -0.2) is 23.6 Å². The standard InChI is InChI=1S/C4H7NO3/c1-3(7)8-4(5)2-6/h5-6H,2H2,1H3. The number of nitrogens with one attached hydrogen (secondary N) is 1. The summed E-state index contributed by atoms with van der Waals surface area (Å²) in [6.45, 7) is 0.643. The minimum Gasteiger partial charge on any atom is -0.410 e. The monoisotopic (exact) mass is 117 g/mol. The number of hydrogen-bond donors (Lipinski definition) is 2. The SMILES string of the molecule is CC(=O)OC(=N)CO. The number of aliphatic hydroxyl groups is 1. The Hall–Kier alpha value is -0.900. The van der Waals surface area contributed by atoms with E-state index >= 15 is 0 Å². The fourth-order valence-corrected chi connectivity index (χ4v) is 0.206. The summed E-state index contributed by atoms with van der Waals surface area (Å²) >= 11 is 0. The van der Waals surface area contributed by atoms with Crippen LogP contribution in [-0.2, 0) is 9.53 Å². The van der Waals surface area contributed by atoms with Gasteiger partial charge in [0, 0.05) is 6.92 Å². The molecule has 0 spiro atoms. The molecule has 0 fully saturated rings. The predicted octanol–water partition coefficient (Wildman–Crippen LogP) is -0.481. The Balaban J connectivity index is 3.40. The van der Waals surface area contributed by atoms with Crippen LogP contribution in [0.1, 0.15) is 6.92 Å². The second kappa shape index (κ2) is 3.15. The van der Waals surface area contributed by atoms with Crippen molar-refractivity contribution in [3.63, 3.8) is 0 Å². The molecule has 0 aromatic heterocycles. The first-order valence-corrected chi connectivity index (χ1v) is 2.03. The first kappa shape index (κ1) is 7.10. The average molecular weight is 117 g/mol. The number of rotatable bonds is 1. The lowest BCUT2D eigenvalue weighted by atomic mass is 10.7. The highest BCUT2D eigenvalue weighted by Crippen LogP contribution is 1.76. The van der Waals surface area contributed by atoms with Gasteiger partial charge in [-0.15, -0.1) is 0 Å². The van der Waals surface area contributed by atoms with Gasteiger partial charge >= 0.3 is 5.97 Å². The van der Waals surface area contributed by atoms with E-state index in [2.05, 4.69) is 4.74 Å². The number of aliphatic hydroxyl groups excluding tert-OH is 1. The lowest BCUT2D eigenvalue weighted by molar-refractivity contribution is -0.133. The molecule has 2 N–H and O–H groups in total. The summed E-state index contributed by atoms with van der Waals surface area (Å²) in [5.74, 6) is -0.999. The van der Waals surface area contributed by atoms with E-state index in [1.54, 1.807) is 0 Å². The van der Waals surface area contributed by atoms with Gasteiger partial charge in [0.15, 0.2) is 0 Å². The first-order valence-electron chi connectivity index (χ1n) is 2.03. The molecule has 0 bridgehead atoms. The molecule has 0 aliphatic heterocycles. The zero-order valence-corrected chi connectivity index (χ0v) is 4.47. The molecule has 0 aliphatic carbocycles. The van der Waals surface area contributed by atoms with E-state index in [4.69, 9.17) is 10.5 Å². The molecule has 0 aromatic rings. The van der Waals surface area contributed by atoms with Gasteiger partial charge in [-0.1, -0.05) is 0 Å². The van der Waals surface area contributed by atoms with Crippen LogP contribution in [0.5, 0.6) is 0 Å². The molecule has 0 saturated heterocycles. The number of hydrogen-bond acceptors (Lipinski definition) is 4. The van der Waals surface area contributed by atoms with Crippen molar-refractivity contribution in [3.05, 3.63) is 0 Å². The molecule has 0 atom stereocenters. The molecule has 0 saturated carbocycles. The van der Waals surface area contributed by atoms with Gasteiger partial charge in [-0.2, -0.15) is 0 Å². The highest BCUT2D eigenvalue weighted by Gasteiger charge is 1.96. The maximum absolute atomic E-state index is 9.94. The van der Waals surface area contributed by atoms with E-state index in [-0.39, 0.29) is 0 Å². The quantitative estimate of drug-likeness (QED) is 0.277. The Morgan fingerprint density at radius 3 is 2.50 bits per heavy atom. The number of esters is 1. The van der Waals surface area contributed by atoms with E-state index in [1.165, 1.54) is 6.92 Å². The summed E-state index contributed by atoms with van der Waals surface area (Å²) in [6.07, 6.45) is 0. The fourth-order valence-electron chi connectivity index (χ4n) is 0.206. The Morgan fingerprint density at radius 2 is 2.38 bits per heavy atom. The molecule has 4 heteroatoms. The first-order chi connectivity index (χ1) is 3.66. The zero-order chi connectivity index (χ0) is 6.57. The van der Waals surface area contributed by atoms with Crippen LogP contribution < -0.4 is 0 Å². The van der Waals surface area contributed by atoms with E-state index in [0.717, 1.165) is 0 Å². The normalized spacial score (nSPS) is 8.25. The van der Waals surface area contributed by atoms with Crippen LogP contribution in [0.15, 0.2) is 0 Å². The summed E-state index contributed by atoms with van der Waals surface area (Å²) in [7, 11) is 0. The van der Waals surface area contributed by atoms with Gasteiger partial charge in [0.05, 0.1) is 0 Å². The van der Waals surface area contributed by atoms with Crippen LogP contribution in [0.2, 0.25) is 0 Å². The molecule has 0 unspecified atom stereocenters. The number of carbonyl (C=O) groups excluding carboxylic acids is 1. The molecule has 0 rings (SSSR count). The minimum atomic E-state index is -0.580. The van der Waals surface area contributed by atoms with Gasteiger partial charge in [0.25, 0.3) is 0 Å². The average Bonchev–Trinajstić information content (AvgIpc) is 1.65. The summed E-state index contributed by atoms with van der Waals surface area (Å²) in [6, 6.07) is 0. The maximum Gasteiger partial charge on any atom is 0.309 e. The third-order valence-corrected chi connectivity index (χ3v) is 0.411. The molecule has 46 valence electrons. The molecule has 0 aromatic carbocycles. The van der Waals surface area contributed by atoms with Crippen LogP contribution in [0, 0.1) is 5.41 Å². The summed E-state index contributed by atoms with van der Waals surface area (Å²) in [5, 5.41) is 14.7. The minimum absolute atomic E-state index is 0.419. The summed E-state index contributed by atoms with van der Waals surface area (Å²) in [5.41, 5.74) is 0. The molecular formula is C4H7NO3.